The van der Waals surface area contributed by atoms with Crippen LogP contribution in [0.3, 0.4) is 0 Å². The van der Waals surface area contributed by atoms with Crippen LogP contribution >= 0.6 is 57.6 Å². The Bertz CT molecular complexity index is 1350. The molecule has 0 radical (unpaired) electrons. The molecule has 34 heavy (non-hydrogen) atoms. The Morgan fingerprint density at radius 2 is 1.91 bits per heavy atom. The fourth-order valence-corrected chi connectivity index (χ4v) is 4.79. The van der Waals surface area contributed by atoms with E-state index < -0.39 is 4.92 Å². The van der Waals surface area contributed by atoms with E-state index in [1.54, 1.807) is 36.4 Å². The molecule has 3 aromatic rings. The lowest BCUT2D eigenvalue weighted by atomic mass is 10.2. The number of aliphatic imine (C=N–C) groups is 1. The summed E-state index contributed by atoms with van der Waals surface area (Å²) in [6, 6.07) is 16.9. The van der Waals surface area contributed by atoms with Gasteiger partial charge in [-0.25, -0.2) is 4.99 Å². The Morgan fingerprint density at radius 3 is 2.62 bits per heavy atom. The molecule has 0 bridgehead atoms. The molecule has 0 atom stereocenters. The van der Waals surface area contributed by atoms with E-state index in [1.807, 2.05) is 18.2 Å². The molecule has 1 fully saturated rings. The van der Waals surface area contributed by atoms with Crippen LogP contribution in [0, 0.1) is 13.7 Å². The largest absolute Gasteiger partial charge is 0.488 e. The summed E-state index contributed by atoms with van der Waals surface area (Å²) in [5.41, 5.74) is 2.15. The molecule has 3 aromatic carbocycles. The molecule has 1 heterocycles. The summed E-state index contributed by atoms with van der Waals surface area (Å²) >= 11 is 15.6. The molecule has 0 spiro atoms. The maximum absolute atomic E-state index is 12.4. The molecule has 1 saturated heterocycles. The smallest absolute Gasteiger partial charge is 0.269 e. The average Bonchev–Trinajstić information content (AvgIpc) is 3.15. The van der Waals surface area contributed by atoms with Crippen molar-refractivity contribution in [1.82, 2.24) is 5.32 Å². The topological polar surface area (TPSA) is 93.8 Å². The first-order valence-electron chi connectivity index (χ1n) is 9.69. The van der Waals surface area contributed by atoms with Crippen LogP contribution in [0.2, 0.25) is 10.0 Å². The molecule has 172 valence electrons. The van der Waals surface area contributed by atoms with Gasteiger partial charge in [-0.15, -0.1) is 0 Å². The monoisotopic (exact) mass is 625 g/mol. The van der Waals surface area contributed by atoms with Gasteiger partial charge in [0.15, 0.2) is 5.17 Å². The molecule has 11 heteroatoms. The Balaban J connectivity index is 1.44. The summed E-state index contributed by atoms with van der Waals surface area (Å²) in [5.74, 6) is 0.415. The van der Waals surface area contributed by atoms with Gasteiger partial charge in [0.2, 0.25) is 0 Å². The number of ether oxygens (including phenoxy) is 1. The van der Waals surface area contributed by atoms with Gasteiger partial charge in [-0.3, -0.25) is 14.9 Å². The van der Waals surface area contributed by atoms with E-state index in [0.29, 0.717) is 31.6 Å². The van der Waals surface area contributed by atoms with Crippen molar-refractivity contribution in [3.8, 4) is 5.75 Å². The normalized spacial score (nSPS) is 15.6. The van der Waals surface area contributed by atoms with Crippen LogP contribution in [0.1, 0.15) is 11.1 Å². The summed E-state index contributed by atoms with van der Waals surface area (Å²) in [6.45, 7) is 0.276. The second kappa shape index (κ2) is 10.8. The van der Waals surface area contributed by atoms with Gasteiger partial charge in [0.05, 0.1) is 29.1 Å². The maximum Gasteiger partial charge on any atom is 0.269 e. The minimum absolute atomic E-state index is 0.0356. The van der Waals surface area contributed by atoms with Crippen molar-refractivity contribution in [2.45, 2.75) is 6.61 Å². The SMILES string of the molecule is O=C1NC(=Nc2cccc(Cl)c2Cl)S/C1=C/c1ccc(OCc2ccc([N+](=O)[O-])cc2)c(I)c1. The van der Waals surface area contributed by atoms with Crippen LogP contribution in [0.4, 0.5) is 11.4 Å². The minimum Gasteiger partial charge on any atom is -0.488 e. The highest BCUT2D eigenvalue weighted by atomic mass is 127. The number of thioether (sulfide) groups is 1. The van der Waals surface area contributed by atoms with E-state index in [1.165, 1.54) is 23.9 Å². The number of rotatable bonds is 6. The van der Waals surface area contributed by atoms with Crippen LogP contribution in [0.25, 0.3) is 6.08 Å². The fourth-order valence-electron chi connectivity index (χ4n) is 2.92. The molecule has 0 unspecified atom stereocenters. The fraction of sp³-hybridized carbons (Fsp3) is 0.0435. The summed E-state index contributed by atoms with van der Waals surface area (Å²) in [6.07, 6.45) is 1.77. The first kappa shape index (κ1) is 24.5. The quantitative estimate of drug-likeness (QED) is 0.138. The number of amidine groups is 1. The van der Waals surface area contributed by atoms with Crippen molar-refractivity contribution < 1.29 is 14.5 Å². The van der Waals surface area contributed by atoms with Crippen molar-refractivity contribution in [2.75, 3.05) is 0 Å². The van der Waals surface area contributed by atoms with E-state index >= 15 is 0 Å². The van der Waals surface area contributed by atoms with Gasteiger partial charge in [0.1, 0.15) is 12.4 Å². The Morgan fingerprint density at radius 1 is 1.15 bits per heavy atom. The Labute approximate surface area is 222 Å². The summed E-state index contributed by atoms with van der Waals surface area (Å²) in [5, 5.41) is 14.6. The number of hydrogen-bond acceptors (Lipinski definition) is 6. The predicted octanol–water partition coefficient (Wildman–Crippen LogP) is 6.98. The van der Waals surface area contributed by atoms with Gasteiger partial charge in [-0.05, 0) is 88.0 Å². The second-order valence-electron chi connectivity index (χ2n) is 6.96. The number of non-ortho nitro benzene ring substituents is 1. The molecule has 1 amide bonds. The number of nitro benzene ring substituents is 1. The standard InChI is InChI=1S/C23H14Cl2IN3O4S/c24-16-2-1-3-18(21(16)25)27-23-28-22(30)20(34-23)11-14-6-9-19(17(26)10-14)33-12-13-4-7-15(8-5-13)29(31)32/h1-11H,12H2,(H,27,28,30)/b20-11+. The number of nitrogens with zero attached hydrogens (tertiary/aromatic N) is 2. The molecular formula is C23H14Cl2IN3O4S. The molecule has 0 saturated carbocycles. The van der Waals surface area contributed by atoms with Gasteiger partial charge in [-0.1, -0.05) is 35.3 Å². The first-order valence-corrected chi connectivity index (χ1v) is 12.3. The zero-order valence-corrected chi connectivity index (χ0v) is 21.6. The molecule has 1 N–H and O–H groups in total. The second-order valence-corrected chi connectivity index (χ2v) is 9.93. The molecular weight excluding hydrogens is 612 g/mol. The molecule has 1 aliphatic heterocycles. The molecule has 0 aliphatic carbocycles. The highest BCUT2D eigenvalue weighted by molar-refractivity contribution is 14.1. The van der Waals surface area contributed by atoms with Gasteiger partial charge < -0.3 is 10.1 Å². The number of carbonyl (C=O) groups is 1. The third-order valence-corrected chi connectivity index (χ3v) is 7.16. The number of benzene rings is 3. The van der Waals surface area contributed by atoms with Crippen molar-refractivity contribution in [2.24, 2.45) is 4.99 Å². The van der Waals surface area contributed by atoms with Crippen molar-refractivity contribution in [3.05, 3.63) is 100 Å². The highest BCUT2D eigenvalue weighted by Gasteiger charge is 2.24. The first-order chi connectivity index (χ1) is 16.3. The molecule has 7 nitrogen and oxygen atoms in total. The average molecular weight is 626 g/mol. The summed E-state index contributed by atoms with van der Waals surface area (Å²) < 4.78 is 6.71. The van der Waals surface area contributed by atoms with Crippen LogP contribution in [-0.4, -0.2) is 16.0 Å². The predicted molar refractivity (Wildman–Crippen MR) is 144 cm³/mol. The molecule has 4 rings (SSSR count). The third kappa shape index (κ3) is 5.90. The zero-order chi connectivity index (χ0) is 24.2. The lowest BCUT2D eigenvalue weighted by molar-refractivity contribution is -0.384. The minimum atomic E-state index is -0.440. The van der Waals surface area contributed by atoms with Gasteiger partial charge in [0.25, 0.3) is 11.6 Å². The van der Waals surface area contributed by atoms with Crippen molar-refractivity contribution in [3.63, 3.8) is 0 Å². The molecule has 1 aliphatic rings. The van der Waals surface area contributed by atoms with Crippen molar-refractivity contribution >= 4 is 86.1 Å². The third-order valence-electron chi connectivity index (χ3n) is 4.60. The lowest BCUT2D eigenvalue weighted by Gasteiger charge is -2.09. The van der Waals surface area contributed by atoms with Gasteiger partial charge in [0, 0.05) is 12.1 Å². The number of hydrogen-bond donors (Lipinski definition) is 1. The number of carbonyl (C=O) groups excluding carboxylic acids is 1. The zero-order valence-electron chi connectivity index (χ0n) is 17.1. The van der Waals surface area contributed by atoms with Crippen LogP contribution in [0.15, 0.2) is 70.6 Å². The Hall–Kier alpha value is -2.60. The van der Waals surface area contributed by atoms with E-state index in [0.717, 1.165) is 14.7 Å². The highest BCUT2D eigenvalue weighted by Crippen LogP contribution is 2.35. The van der Waals surface area contributed by atoms with E-state index in [9.17, 15) is 14.9 Å². The van der Waals surface area contributed by atoms with E-state index in [4.69, 9.17) is 27.9 Å². The van der Waals surface area contributed by atoms with Crippen LogP contribution < -0.4 is 10.1 Å². The van der Waals surface area contributed by atoms with E-state index in [2.05, 4.69) is 32.9 Å². The van der Waals surface area contributed by atoms with Crippen LogP contribution in [-0.2, 0) is 11.4 Å². The summed E-state index contributed by atoms with van der Waals surface area (Å²) in [7, 11) is 0. The summed E-state index contributed by atoms with van der Waals surface area (Å²) in [4.78, 5) is 27.6. The van der Waals surface area contributed by atoms with E-state index in [-0.39, 0.29) is 18.2 Å². The number of nitro groups is 1. The van der Waals surface area contributed by atoms with Crippen LogP contribution in [0.5, 0.6) is 5.75 Å². The lowest BCUT2D eigenvalue weighted by Crippen LogP contribution is -2.19. The van der Waals surface area contributed by atoms with Gasteiger partial charge in [-0.2, -0.15) is 0 Å². The number of halogens is 3. The Kier molecular flexibility index (Phi) is 7.77. The number of nitrogens with one attached hydrogen (secondary N) is 1. The molecule has 0 aromatic heterocycles. The van der Waals surface area contributed by atoms with Crippen molar-refractivity contribution in [1.29, 1.82) is 0 Å². The maximum atomic E-state index is 12.4. The van der Waals surface area contributed by atoms with Gasteiger partial charge >= 0.3 is 0 Å². The number of amides is 1.